The van der Waals surface area contributed by atoms with Crippen molar-refractivity contribution in [2.24, 2.45) is 5.73 Å². The summed E-state index contributed by atoms with van der Waals surface area (Å²) in [5, 5.41) is 17.3. The summed E-state index contributed by atoms with van der Waals surface area (Å²) in [5.41, 5.74) is 5.61. The molecule has 4 N–H and O–H groups in total. The highest BCUT2D eigenvalue weighted by Crippen LogP contribution is 2.15. The summed E-state index contributed by atoms with van der Waals surface area (Å²) >= 11 is 0. The molecular weight excluding hydrogens is 214 g/mol. The lowest BCUT2D eigenvalue weighted by Crippen LogP contribution is -2.36. The zero-order chi connectivity index (χ0) is 12.3. The van der Waals surface area contributed by atoms with Crippen LogP contribution in [0.2, 0.25) is 0 Å². The molecule has 86 valence electrons. The maximum absolute atomic E-state index is 10.7. The fourth-order valence-electron chi connectivity index (χ4n) is 1.14. The molecule has 6 nitrogen and oxygen atoms in total. The van der Waals surface area contributed by atoms with Crippen molar-refractivity contribution in [1.82, 2.24) is 0 Å². The molecule has 1 rings (SSSR count). The van der Waals surface area contributed by atoms with E-state index in [9.17, 15) is 9.59 Å². The molecule has 16 heavy (non-hydrogen) atoms. The maximum Gasteiger partial charge on any atom is 0.370 e. The van der Waals surface area contributed by atoms with E-state index in [2.05, 4.69) is 6.58 Å². The molecule has 0 saturated heterocycles. The number of carboxylic acid groups (broad SMARTS) is 2. The number of hydrogen-bond acceptors (Lipinski definition) is 4. The van der Waals surface area contributed by atoms with E-state index < -0.39 is 29.8 Å². The van der Waals surface area contributed by atoms with E-state index in [1.807, 2.05) is 0 Å². The summed E-state index contributed by atoms with van der Waals surface area (Å²) in [5.74, 6) is -2.92. The first-order chi connectivity index (χ1) is 7.41. The van der Waals surface area contributed by atoms with E-state index in [0.29, 0.717) is 0 Å². The minimum absolute atomic E-state index is 0.00453. The van der Waals surface area contributed by atoms with Crippen molar-refractivity contribution in [2.75, 3.05) is 0 Å². The van der Waals surface area contributed by atoms with Crippen LogP contribution < -0.4 is 5.73 Å². The van der Waals surface area contributed by atoms with E-state index in [1.165, 1.54) is 18.2 Å². The standard InChI is InChI=1S/C10H11NO5/c1-5(9(12)13)16-8-4-6(10(14)15)2-3-7(8)11/h2-4,7-8H,1,11H2,(H,12,13)(H,14,15)/t7?,8-/m1/s1. The number of carbonyl (C=O) groups is 2. The van der Waals surface area contributed by atoms with Crippen LogP contribution in [0.3, 0.4) is 0 Å². The van der Waals surface area contributed by atoms with Gasteiger partial charge in [0.05, 0.1) is 11.6 Å². The van der Waals surface area contributed by atoms with Crippen LogP contribution >= 0.6 is 0 Å². The lowest BCUT2D eigenvalue weighted by Gasteiger charge is -2.22. The Morgan fingerprint density at radius 2 is 2.06 bits per heavy atom. The summed E-state index contributed by atoms with van der Waals surface area (Å²) in [7, 11) is 0. The Kier molecular flexibility index (Phi) is 3.47. The van der Waals surface area contributed by atoms with Gasteiger partial charge in [-0.25, -0.2) is 9.59 Å². The molecule has 6 heteroatoms. The Bertz CT molecular complexity index is 396. The third-order valence-corrected chi connectivity index (χ3v) is 1.99. The molecule has 1 aliphatic carbocycles. The number of rotatable bonds is 4. The van der Waals surface area contributed by atoms with Gasteiger partial charge in [0.2, 0.25) is 0 Å². The molecular formula is C10H11NO5. The van der Waals surface area contributed by atoms with E-state index in [4.69, 9.17) is 20.7 Å². The highest BCUT2D eigenvalue weighted by Gasteiger charge is 2.23. The van der Waals surface area contributed by atoms with Crippen LogP contribution in [0.1, 0.15) is 0 Å². The number of nitrogens with two attached hydrogens (primary N) is 1. The van der Waals surface area contributed by atoms with Gasteiger partial charge in [-0.2, -0.15) is 0 Å². The molecule has 0 bridgehead atoms. The SMILES string of the molecule is C=C(O[C@@H]1C=C(C(=O)O)C=CC1N)C(=O)O. The van der Waals surface area contributed by atoms with Crippen molar-refractivity contribution in [3.8, 4) is 0 Å². The lowest BCUT2D eigenvalue weighted by molar-refractivity contribution is -0.137. The van der Waals surface area contributed by atoms with Gasteiger partial charge in [-0.1, -0.05) is 12.2 Å². The van der Waals surface area contributed by atoms with Crippen molar-refractivity contribution in [3.63, 3.8) is 0 Å². The molecule has 0 aromatic heterocycles. The van der Waals surface area contributed by atoms with Gasteiger partial charge in [-0.15, -0.1) is 0 Å². The molecule has 0 aromatic carbocycles. The predicted octanol–water partition coefficient (Wildman–Crippen LogP) is -0.122. The number of hydrogen-bond donors (Lipinski definition) is 3. The minimum Gasteiger partial charge on any atom is -0.478 e. The second-order valence-electron chi connectivity index (χ2n) is 3.17. The van der Waals surface area contributed by atoms with Crippen LogP contribution in [-0.2, 0) is 14.3 Å². The Labute approximate surface area is 91.3 Å². The molecule has 0 fully saturated rings. The summed E-state index contributed by atoms with van der Waals surface area (Å²) < 4.78 is 4.94. The van der Waals surface area contributed by atoms with Crippen molar-refractivity contribution in [2.45, 2.75) is 12.1 Å². The van der Waals surface area contributed by atoms with Gasteiger partial charge in [0.15, 0.2) is 5.76 Å². The average Bonchev–Trinajstić information content (AvgIpc) is 2.20. The van der Waals surface area contributed by atoms with Gasteiger partial charge in [-0.05, 0) is 12.7 Å². The molecule has 0 saturated carbocycles. The second kappa shape index (κ2) is 4.63. The van der Waals surface area contributed by atoms with Crippen molar-refractivity contribution >= 4 is 11.9 Å². The lowest BCUT2D eigenvalue weighted by atomic mass is 10.0. The highest BCUT2D eigenvalue weighted by atomic mass is 16.5. The van der Waals surface area contributed by atoms with E-state index in [1.54, 1.807) is 0 Å². The van der Waals surface area contributed by atoms with Gasteiger partial charge in [-0.3, -0.25) is 0 Å². The molecule has 1 aliphatic rings. The first-order valence-corrected chi connectivity index (χ1v) is 4.39. The van der Waals surface area contributed by atoms with Gasteiger partial charge >= 0.3 is 11.9 Å². The van der Waals surface area contributed by atoms with Crippen LogP contribution in [0, 0.1) is 0 Å². The largest absolute Gasteiger partial charge is 0.478 e. The van der Waals surface area contributed by atoms with Crippen molar-refractivity contribution in [3.05, 3.63) is 36.1 Å². The van der Waals surface area contributed by atoms with Crippen LogP contribution in [0.4, 0.5) is 0 Å². The van der Waals surface area contributed by atoms with Crippen molar-refractivity contribution < 1.29 is 24.5 Å². The Hall–Kier alpha value is -2.08. The van der Waals surface area contributed by atoms with Crippen LogP contribution in [-0.4, -0.2) is 34.3 Å². The minimum atomic E-state index is -1.31. The smallest absolute Gasteiger partial charge is 0.370 e. The van der Waals surface area contributed by atoms with Crippen molar-refractivity contribution in [1.29, 1.82) is 0 Å². The van der Waals surface area contributed by atoms with E-state index in [-0.39, 0.29) is 5.57 Å². The van der Waals surface area contributed by atoms with E-state index in [0.717, 1.165) is 0 Å². The number of carboxylic acids is 2. The summed E-state index contributed by atoms with van der Waals surface area (Å²) in [6, 6.07) is -0.598. The third kappa shape index (κ3) is 2.71. The fraction of sp³-hybridized carbons (Fsp3) is 0.200. The Balaban J connectivity index is 2.80. The first kappa shape index (κ1) is 12.0. The quantitative estimate of drug-likeness (QED) is 0.454. The Morgan fingerprint density at radius 3 is 2.56 bits per heavy atom. The van der Waals surface area contributed by atoms with Gasteiger partial charge in [0, 0.05) is 0 Å². The van der Waals surface area contributed by atoms with E-state index >= 15 is 0 Å². The normalized spacial score (nSPS) is 23.4. The van der Waals surface area contributed by atoms with Gasteiger partial charge < -0.3 is 20.7 Å². The topological polar surface area (TPSA) is 110 Å². The molecule has 2 atom stereocenters. The molecule has 0 radical (unpaired) electrons. The zero-order valence-corrected chi connectivity index (χ0v) is 8.29. The summed E-state index contributed by atoms with van der Waals surface area (Å²) in [4.78, 5) is 21.1. The fourth-order valence-corrected chi connectivity index (χ4v) is 1.14. The van der Waals surface area contributed by atoms with Gasteiger partial charge in [0.1, 0.15) is 6.10 Å². The molecule has 0 heterocycles. The summed E-state index contributed by atoms with van der Waals surface area (Å²) in [6.45, 7) is 3.17. The molecule has 0 aromatic rings. The average molecular weight is 225 g/mol. The zero-order valence-electron chi connectivity index (χ0n) is 8.29. The number of ether oxygens (including phenoxy) is 1. The monoisotopic (exact) mass is 225 g/mol. The first-order valence-electron chi connectivity index (χ1n) is 4.39. The van der Waals surface area contributed by atoms with Crippen LogP contribution in [0.15, 0.2) is 36.1 Å². The highest BCUT2D eigenvalue weighted by molar-refractivity contribution is 5.90. The van der Waals surface area contributed by atoms with Gasteiger partial charge in [0.25, 0.3) is 0 Å². The second-order valence-corrected chi connectivity index (χ2v) is 3.17. The molecule has 0 amide bonds. The number of aliphatic carboxylic acids is 2. The third-order valence-electron chi connectivity index (χ3n) is 1.99. The molecule has 0 aliphatic heterocycles. The molecule has 0 spiro atoms. The summed E-state index contributed by atoms with van der Waals surface area (Å²) in [6.07, 6.45) is 3.19. The Morgan fingerprint density at radius 1 is 1.44 bits per heavy atom. The predicted molar refractivity (Wildman–Crippen MR) is 54.5 cm³/mol. The molecule has 1 unspecified atom stereocenters. The van der Waals surface area contributed by atoms with Crippen LogP contribution in [0.25, 0.3) is 0 Å². The van der Waals surface area contributed by atoms with Crippen LogP contribution in [0.5, 0.6) is 0 Å². The maximum atomic E-state index is 10.7.